The average molecular weight is 400 g/mol. The molecular weight excluding hydrogens is 366 g/mol. The van der Waals surface area contributed by atoms with Crippen LogP contribution in [0.1, 0.15) is 70.9 Å². The molecule has 4 amide bonds. The summed E-state index contributed by atoms with van der Waals surface area (Å²) < 4.78 is 0. The Morgan fingerprint density at radius 1 is 1.21 bits per heavy atom. The van der Waals surface area contributed by atoms with E-state index in [1.807, 2.05) is 24.3 Å². The van der Waals surface area contributed by atoms with Gasteiger partial charge in [-0.15, -0.1) is 0 Å². The molecule has 1 aliphatic heterocycles. The van der Waals surface area contributed by atoms with Crippen molar-refractivity contribution in [1.29, 1.82) is 0 Å². The number of hydrogen-bond donors (Lipinski definition) is 2. The van der Waals surface area contributed by atoms with Gasteiger partial charge in [0.15, 0.2) is 0 Å². The van der Waals surface area contributed by atoms with Crippen LogP contribution in [-0.4, -0.2) is 35.3 Å². The zero-order chi connectivity index (χ0) is 21.3. The Morgan fingerprint density at radius 3 is 2.48 bits per heavy atom. The summed E-state index contributed by atoms with van der Waals surface area (Å²) in [5, 5.41) is 5.82. The van der Waals surface area contributed by atoms with Crippen LogP contribution in [0.5, 0.6) is 0 Å². The van der Waals surface area contributed by atoms with E-state index >= 15 is 0 Å². The molecule has 3 rings (SSSR count). The molecule has 2 fully saturated rings. The molecule has 0 unspecified atom stereocenters. The number of urea groups is 1. The Bertz CT molecular complexity index is 789. The summed E-state index contributed by atoms with van der Waals surface area (Å²) in [6.45, 7) is 10.0. The number of hydrogen-bond acceptors (Lipinski definition) is 3. The summed E-state index contributed by atoms with van der Waals surface area (Å²) in [4.78, 5) is 39.2. The van der Waals surface area contributed by atoms with E-state index in [0.29, 0.717) is 17.8 Å². The normalized spacial score (nSPS) is 29.9. The largest absolute Gasteiger partial charge is 0.352 e. The molecular formula is C23H33N3O3. The van der Waals surface area contributed by atoms with Crippen molar-refractivity contribution in [1.82, 2.24) is 15.5 Å². The van der Waals surface area contributed by atoms with Crippen molar-refractivity contribution in [3.05, 3.63) is 35.4 Å². The maximum atomic E-state index is 13.1. The zero-order valence-electron chi connectivity index (χ0n) is 18.1. The van der Waals surface area contributed by atoms with Crippen LogP contribution in [-0.2, 0) is 15.1 Å². The number of nitrogens with zero attached hydrogens (tertiary/aromatic N) is 1. The number of amides is 4. The lowest BCUT2D eigenvalue weighted by Gasteiger charge is -2.34. The van der Waals surface area contributed by atoms with Crippen molar-refractivity contribution in [2.75, 3.05) is 6.54 Å². The van der Waals surface area contributed by atoms with Crippen molar-refractivity contribution in [2.45, 2.75) is 71.4 Å². The Labute approximate surface area is 173 Å². The first kappa shape index (κ1) is 21.3. The van der Waals surface area contributed by atoms with Gasteiger partial charge in [0.2, 0.25) is 5.91 Å². The number of carbonyl (C=O) groups is 3. The lowest BCUT2D eigenvalue weighted by Crippen LogP contribution is -2.48. The van der Waals surface area contributed by atoms with Gasteiger partial charge in [0.05, 0.1) is 0 Å². The Morgan fingerprint density at radius 2 is 1.86 bits per heavy atom. The van der Waals surface area contributed by atoms with Crippen molar-refractivity contribution in [2.24, 2.45) is 11.8 Å². The van der Waals surface area contributed by atoms with Gasteiger partial charge in [-0.25, -0.2) is 4.79 Å². The first-order valence-corrected chi connectivity index (χ1v) is 10.7. The third-order valence-electron chi connectivity index (χ3n) is 6.78. The van der Waals surface area contributed by atoms with E-state index in [1.54, 1.807) is 6.92 Å². The monoisotopic (exact) mass is 399 g/mol. The molecule has 2 N–H and O–H groups in total. The van der Waals surface area contributed by atoms with E-state index in [1.165, 1.54) is 12.0 Å². The average Bonchev–Trinajstić information content (AvgIpc) is 2.89. The van der Waals surface area contributed by atoms with Gasteiger partial charge in [-0.1, -0.05) is 64.8 Å². The second-order valence-corrected chi connectivity index (χ2v) is 9.16. The van der Waals surface area contributed by atoms with Gasteiger partial charge in [-0.2, -0.15) is 0 Å². The third kappa shape index (κ3) is 4.16. The van der Waals surface area contributed by atoms with Crippen LogP contribution in [0.15, 0.2) is 24.3 Å². The van der Waals surface area contributed by atoms with E-state index in [2.05, 4.69) is 38.3 Å². The molecule has 4 atom stereocenters. The quantitative estimate of drug-likeness (QED) is 0.744. The van der Waals surface area contributed by atoms with Crippen molar-refractivity contribution >= 4 is 17.8 Å². The highest BCUT2D eigenvalue weighted by molar-refractivity contribution is 6.09. The van der Waals surface area contributed by atoms with Crippen LogP contribution in [0.25, 0.3) is 0 Å². The van der Waals surface area contributed by atoms with E-state index in [9.17, 15) is 14.4 Å². The van der Waals surface area contributed by atoms with E-state index in [0.717, 1.165) is 23.3 Å². The number of rotatable bonds is 5. The Kier molecular flexibility index (Phi) is 6.01. The van der Waals surface area contributed by atoms with Crippen LogP contribution in [0.3, 0.4) is 0 Å². The summed E-state index contributed by atoms with van der Waals surface area (Å²) in [6.07, 6.45) is 3.20. The zero-order valence-corrected chi connectivity index (χ0v) is 18.1. The molecule has 0 spiro atoms. The number of imide groups is 1. The first-order valence-electron chi connectivity index (χ1n) is 10.7. The second-order valence-electron chi connectivity index (χ2n) is 9.16. The topological polar surface area (TPSA) is 78.5 Å². The SMILES string of the molecule is CC(C)c1ccc([C@]2(C)NC(=O)N(CC(=O)N[C@@H]3CCC[C@H](C)[C@H]3C)C2=O)cc1. The van der Waals surface area contributed by atoms with Crippen LogP contribution >= 0.6 is 0 Å². The minimum atomic E-state index is -1.15. The fraction of sp³-hybridized carbons (Fsp3) is 0.609. The van der Waals surface area contributed by atoms with Crippen molar-refractivity contribution in [3.8, 4) is 0 Å². The standard InChI is InChI=1S/C23H33N3O3/c1-14(2)17-9-11-18(12-10-17)23(5)21(28)26(22(29)25-23)13-20(27)24-19-8-6-7-15(3)16(19)4/h9-12,14-16,19H,6-8,13H2,1-5H3,(H,24,27)(H,25,29)/t15-,16+,19+,23-/m0/s1. The molecule has 2 aliphatic rings. The molecule has 29 heavy (non-hydrogen) atoms. The molecule has 1 saturated carbocycles. The van der Waals surface area contributed by atoms with Crippen LogP contribution in [0.4, 0.5) is 4.79 Å². The molecule has 0 bridgehead atoms. The van der Waals surface area contributed by atoms with Gasteiger partial charge in [0.25, 0.3) is 5.91 Å². The van der Waals surface area contributed by atoms with Gasteiger partial charge in [0.1, 0.15) is 12.1 Å². The number of benzene rings is 1. The van der Waals surface area contributed by atoms with E-state index < -0.39 is 11.6 Å². The molecule has 1 heterocycles. The van der Waals surface area contributed by atoms with E-state index in [4.69, 9.17) is 0 Å². The van der Waals surface area contributed by atoms with Crippen LogP contribution in [0.2, 0.25) is 0 Å². The third-order valence-corrected chi connectivity index (χ3v) is 6.78. The lowest BCUT2D eigenvalue weighted by molar-refractivity contribution is -0.135. The molecule has 1 aliphatic carbocycles. The molecule has 6 heteroatoms. The number of nitrogens with one attached hydrogen (secondary N) is 2. The summed E-state index contributed by atoms with van der Waals surface area (Å²) in [6, 6.07) is 7.29. The molecule has 0 radical (unpaired) electrons. The lowest BCUT2D eigenvalue weighted by atomic mass is 9.78. The Balaban J connectivity index is 1.69. The van der Waals surface area contributed by atoms with Crippen molar-refractivity contribution < 1.29 is 14.4 Å². The predicted octanol–water partition coefficient (Wildman–Crippen LogP) is 3.52. The summed E-state index contributed by atoms with van der Waals surface area (Å²) in [5.74, 6) is 0.665. The Hall–Kier alpha value is -2.37. The fourth-order valence-corrected chi connectivity index (χ4v) is 4.42. The highest BCUT2D eigenvalue weighted by Gasteiger charge is 2.49. The van der Waals surface area contributed by atoms with Gasteiger partial charge >= 0.3 is 6.03 Å². The van der Waals surface area contributed by atoms with Crippen LogP contribution in [0, 0.1) is 11.8 Å². The van der Waals surface area contributed by atoms with Crippen molar-refractivity contribution in [3.63, 3.8) is 0 Å². The second kappa shape index (κ2) is 8.17. The summed E-state index contributed by atoms with van der Waals surface area (Å²) in [7, 11) is 0. The molecule has 1 aromatic rings. The smallest absolute Gasteiger partial charge is 0.325 e. The maximum absolute atomic E-state index is 13.1. The van der Waals surface area contributed by atoms with Gasteiger partial charge < -0.3 is 10.6 Å². The predicted molar refractivity (Wildman–Crippen MR) is 112 cm³/mol. The van der Waals surface area contributed by atoms with Gasteiger partial charge in [0, 0.05) is 6.04 Å². The highest BCUT2D eigenvalue weighted by atomic mass is 16.2. The minimum Gasteiger partial charge on any atom is -0.352 e. The summed E-state index contributed by atoms with van der Waals surface area (Å²) in [5.41, 5.74) is 0.735. The highest BCUT2D eigenvalue weighted by Crippen LogP contribution is 2.31. The summed E-state index contributed by atoms with van der Waals surface area (Å²) >= 11 is 0. The maximum Gasteiger partial charge on any atom is 0.325 e. The van der Waals surface area contributed by atoms with E-state index in [-0.39, 0.29) is 24.4 Å². The van der Waals surface area contributed by atoms with Gasteiger partial charge in [-0.05, 0) is 42.2 Å². The van der Waals surface area contributed by atoms with Crippen LogP contribution < -0.4 is 10.6 Å². The molecule has 6 nitrogen and oxygen atoms in total. The first-order chi connectivity index (χ1) is 13.6. The molecule has 158 valence electrons. The number of carbonyl (C=O) groups excluding carboxylic acids is 3. The van der Waals surface area contributed by atoms with Gasteiger partial charge in [-0.3, -0.25) is 14.5 Å². The molecule has 1 aromatic carbocycles. The molecule has 0 aromatic heterocycles. The fourth-order valence-electron chi connectivity index (χ4n) is 4.42. The molecule has 1 saturated heterocycles. The minimum absolute atomic E-state index is 0.0991.